The zero-order valence-corrected chi connectivity index (χ0v) is 22.6. The molecule has 2 heterocycles. The minimum absolute atomic E-state index is 0.350. The Labute approximate surface area is 228 Å². The summed E-state index contributed by atoms with van der Waals surface area (Å²) in [5.74, 6) is -0.304. The fourth-order valence-corrected chi connectivity index (χ4v) is 5.49. The van der Waals surface area contributed by atoms with Crippen LogP contribution in [0.1, 0.15) is 67.6 Å². The summed E-state index contributed by atoms with van der Waals surface area (Å²) in [4.78, 5) is 18.2. The van der Waals surface area contributed by atoms with Crippen molar-refractivity contribution >= 4 is 5.97 Å². The highest BCUT2D eigenvalue weighted by atomic mass is 19.1. The Balaban J connectivity index is 1.49. The summed E-state index contributed by atoms with van der Waals surface area (Å²) in [6.07, 6.45) is 2.23. The van der Waals surface area contributed by atoms with Gasteiger partial charge in [-0.05, 0) is 90.9 Å². The van der Waals surface area contributed by atoms with Crippen LogP contribution in [0.25, 0.3) is 11.1 Å². The SMILES string of the molecule is CCN(CC)Cc1cc(C2CCc3ccc([C@H](O)C4(C(=O)O)CC4)cc3O2)c(F)cc1-c1ccnc(OC)c1. The van der Waals surface area contributed by atoms with E-state index in [0.717, 1.165) is 35.3 Å². The van der Waals surface area contributed by atoms with Crippen molar-refractivity contribution in [3.8, 4) is 22.8 Å². The van der Waals surface area contributed by atoms with Crippen LogP contribution in [-0.4, -0.2) is 46.3 Å². The molecule has 8 heteroatoms. The van der Waals surface area contributed by atoms with Crippen LogP contribution in [0, 0.1) is 11.2 Å². The molecule has 39 heavy (non-hydrogen) atoms. The van der Waals surface area contributed by atoms with E-state index >= 15 is 4.39 Å². The number of aliphatic hydroxyl groups excluding tert-OH is 1. The number of aromatic nitrogens is 1. The summed E-state index contributed by atoms with van der Waals surface area (Å²) >= 11 is 0. The third-order valence-corrected chi connectivity index (χ3v) is 8.20. The number of hydrogen-bond acceptors (Lipinski definition) is 6. The van der Waals surface area contributed by atoms with Crippen molar-refractivity contribution in [1.82, 2.24) is 9.88 Å². The Morgan fingerprint density at radius 3 is 2.64 bits per heavy atom. The molecule has 1 aliphatic heterocycles. The van der Waals surface area contributed by atoms with Gasteiger partial charge in [0.2, 0.25) is 5.88 Å². The molecular formula is C31H35FN2O5. The molecule has 1 fully saturated rings. The lowest BCUT2D eigenvalue weighted by atomic mass is 9.89. The number of carboxylic acids is 1. The highest BCUT2D eigenvalue weighted by Crippen LogP contribution is 2.55. The Kier molecular flexibility index (Phi) is 7.60. The first kappa shape index (κ1) is 27.1. The molecule has 5 rings (SSSR count). The second-order valence-electron chi connectivity index (χ2n) is 10.5. The Morgan fingerprint density at radius 1 is 1.21 bits per heavy atom. The van der Waals surface area contributed by atoms with Crippen molar-refractivity contribution in [2.24, 2.45) is 5.41 Å². The number of aliphatic hydroxyl groups is 1. The van der Waals surface area contributed by atoms with Gasteiger partial charge < -0.3 is 19.7 Å². The van der Waals surface area contributed by atoms with E-state index in [4.69, 9.17) is 9.47 Å². The van der Waals surface area contributed by atoms with Crippen LogP contribution < -0.4 is 9.47 Å². The van der Waals surface area contributed by atoms with Crippen LogP contribution in [0.5, 0.6) is 11.6 Å². The van der Waals surface area contributed by atoms with Crippen molar-refractivity contribution in [2.75, 3.05) is 20.2 Å². The minimum Gasteiger partial charge on any atom is -0.485 e. The number of methoxy groups -OCH3 is 1. The van der Waals surface area contributed by atoms with E-state index in [1.807, 2.05) is 24.3 Å². The van der Waals surface area contributed by atoms with Crippen molar-refractivity contribution in [2.45, 2.75) is 58.3 Å². The monoisotopic (exact) mass is 534 g/mol. The molecule has 1 aliphatic carbocycles. The third-order valence-electron chi connectivity index (χ3n) is 8.20. The molecule has 1 aromatic heterocycles. The fraction of sp³-hybridized carbons (Fsp3) is 0.419. The van der Waals surface area contributed by atoms with Crippen LogP contribution >= 0.6 is 0 Å². The molecule has 3 aromatic rings. The molecule has 0 saturated heterocycles. The van der Waals surface area contributed by atoms with Crippen molar-refractivity contribution in [3.05, 3.63) is 76.7 Å². The smallest absolute Gasteiger partial charge is 0.312 e. The molecule has 0 bridgehead atoms. The quantitative estimate of drug-likeness (QED) is 0.345. The lowest BCUT2D eigenvalue weighted by Crippen LogP contribution is -2.24. The predicted molar refractivity (Wildman–Crippen MR) is 145 cm³/mol. The van der Waals surface area contributed by atoms with E-state index < -0.39 is 23.6 Å². The molecule has 206 valence electrons. The standard InChI is InChI=1S/C31H35FN2O5/c1-4-34(5-2)18-22-14-24(25(32)17-23(22)20-10-13-33-28(16-20)38-3)26-9-8-19-6-7-21(15-27(19)39-26)29(35)31(11-12-31)30(36)37/h6-7,10,13-17,26,29,35H,4-5,8-9,11-12,18H2,1-3H3,(H,36,37)/t26?,29-/m0/s1. The number of benzene rings is 2. The first-order valence-electron chi connectivity index (χ1n) is 13.6. The number of hydrogen-bond donors (Lipinski definition) is 2. The number of aryl methyl sites for hydroxylation is 1. The molecule has 2 aliphatic rings. The predicted octanol–water partition coefficient (Wildman–Crippen LogP) is 5.70. The van der Waals surface area contributed by atoms with Gasteiger partial charge in [-0.1, -0.05) is 26.0 Å². The van der Waals surface area contributed by atoms with Crippen LogP contribution in [-0.2, 0) is 17.8 Å². The number of carbonyl (C=O) groups is 1. The highest BCUT2D eigenvalue weighted by molar-refractivity contribution is 5.79. The van der Waals surface area contributed by atoms with Gasteiger partial charge in [-0.2, -0.15) is 0 Å². The second kappa shape index (κ2) is 10.9. The molecule has 1 unspecified atom stereocenters. The number of aliphatic carboxylic acids is 1. The molecule has 0 spiro atoms. The lowest BCUT2D eigenvalue weighted by molar-refractivity contribution is -0.148. The van der Waals surface area contributed by atoms with Gasteiger partial charge in [0, 0.05) is 24.4 Å². The highest BCUT2D eigenvalue weighted by Gasteiger charge is 2.56. The van der Waals surface area contributed by atoms with Crippen molar-refractivity contribution in [1.29, 1.82) is 0 Å². The average molecular weight is 535 g/mol. The summed E-state index contributed by atoms with van der Waals surface area (Å²) < 4.78 is 27.4. The first-order chi connectivity index (χ1) is 18.8. The van der Waals surface area contributed by atoms with Gasteiger partial charge in [0.15, 0.2) is 0 Å². The summed E-state index contributed by atoms with van der Waals surface area (Å²) in [6, 6.07) is 12.5. The molecular weight excluding hydrogens is 499 g/mol. The Hall–Kier alpha value is -3.49. The number of pyridine rings is 1. The van der Waals surface area contributed by atoms with Gasteiger partial charge in [-0.3, -0.25) is 9.69 Å². The Bertz CT molecular complexity index is 1370. The van der Waals surface area contributed by atoms with Gasteiger partial charge in [0.1, 0.15) is 17.7 Å². The third kappa shape index (κ3) is 5.23. The van der Waals surface area contributed by atoms with E-state index in [-0.39, 0.29) is 5.82 Å². The largest absolute Gasteiger partial charge is 0.485 e. The number of fused-ring (bicyclic) bond motifs is 1. The molecule has 7 nitrogen and oxygen atoms in total. The van der Waals surface area contributed by atoms with Crippen LogP contribution in [0.2, 0.25) is 0 Å². The van der Waals surface area contributed by atoms with Crippen LogP contribution in [0.4, 0.5) is 4.39 Å². The zero-order valence-electron chi connectivity index (χ0n) is 22.6. The molecule has 0 amide bonds. The summed E-state index contributed by atoms with van der Waals surface area (Å²) in [7, 11) is 1.56. The number of rotatable bonds is 10. The molecule has 2 aromatic carbocycles. The van der Waals surface area contributed by atoms with Crippen molar-refractivity contribution in [3.63, 3.8) is 0 Å². The number of nitrogens with zero attached hydrogens (tertiary/aromatic N) is 2. The Morgan fingerprint density at radius 2 is 1.97 bits per heavy atom. The summed E-state index contributed by atoms with van der Waals surface area (Å²) in [6.45, 7) is 6.58. The normalized spacial score (nSPS) is 18.3. The molecule has 2 atom stereocenters. The van der Waals surface area contributed by atoms with Gasteiger partial charge in [-0.25, -0.2) is 9.37 Å². The van der Waals surface area contributed by atoms with Gasteiger partial charge in [0.25, 0.3) is 0 Å². The molecule has 0 radical (unpaired) electrons. The van der Waals surface area contributed by atoms with Gasteiger partial charge in [-0.15, -0.1) is 0 Å². The van der Waals surface area contributed by atoms with Crippen LogP contribution in [0.15, 0.2) is 48.7 Å². The zero-order chi connectivity index (χ0) is 27.7. The van der Waals surface area contributed by atoms with Gasteiger partial charge >= 0.3 is 5.97 Å². The minimum atomic E-state index is -1.13. The van der Waals surface area contributed by atoms with E-state index in [2.05, 4.69) is 23.7 Å². The van der Waals surface area contributed by atoms with E-state index in [1.165, 1.54) is 0 Å². The lowest BCUT2D eigenvalue weighted by Gasteiger charge is -2.29. The summed E-state index contributed by atoms with van der Waals surface area (Å²) in [5.41, 5.74) is 3.44. The maximum Gasteiger partial charge on any atom is 0.312 e. The number of halogens is 1. The molecule has 1 saturated carbocycles. The first-order valence-corrected chi connectivity index (χ1v) is 13.6. The van der Waals surface area contributed by atoms with E-state index in [0.29, 0.717) is 55.0 Å². The number of carboxylic acid groups (broad SMARTS) is 1. The van der Waals surface area contributed by atoms with E-state index in [1.54, 1.807) is 31.5 Å². The van der Waals surface area contributed by atoms with Crippen LogP contribution in [0.3, 0.4) is 0 Å². The van der Waals surface area contributed by atoms with E-state index in [9.17, 15) is 15.0 Å². The molecule has 2 N–H and O–H groups in total. The average Bonchev–Trinajstić information content (AvgIpc) is 3.78. The topological polar surface area (TPSA) is 92.1 Å². The van der Waals surface area contributed by atoms with Crippen molar-refractivity contribution < 1.29 is 28.9 Å². The maximum atomic E-state index is 15.8. The maximum absolute atomic E-state index is 15.8. The summed E-state index contributed by atoms with van der Waals surface area (Å²) in [5, 5.41) is 20.4. The fourth-order valence-electron chi connectivity index (χ4n) is 5.49. The number of ether oxygens (including phenoxy) is 2. The second-order valence-corrected chi connectivity index (χ2v) is 10.5. The van der Waals surface area contributed by atoms with Gasteiger partial charge in [0.05, 0.1) is 18.6 Å².